The standard InChI is InChI=1S/C17H24O/c1-16(12-18)10-5-11-17(2)14-7-4-3-6-13(14)8-9-15(16)17/h3-4,6-7,15,18H,5,8-12H2,1-2H3/t15-,16-,17-/m0/s1. The number of benzene rings is 1. The van der Waals surface area contributed by atoms with Gasteiger partial charge in [0.15, 0.2) is 0 Å². The molecule has 0 aromatic heterocycles. The fourth-order valence-corrected chi connectivity index (χ4v) is 4.75. The van der Waals surface area contributed by atoms with Crippen LogP contribution in [0.3, 0.4) is 0 Å². The summed E-state index contributed by atoms with van der Waals surface area (Å²) in [6.45, 7) is 5.07. The van der Waals surface area contributed by atoms with Crippen LogP contribution in [0.5, 0.6) is 0 Å². The van der Waals surface area contributed by atoms with E-state index in [0.29, 0.717) is 12.5 Å². The molecular formula is C17H24O. The van der Waals surface area contributed by atoms with Crippen LogP contribution in [-0.2, 0) is 11.8 Å². The smallest absolute Gasteiger partial charge is 0.0487 e. The van der Waals surface area contributed by atoms with Gasteiger partial charge in [-0.3, -0.25) is 0 Å². The third-order valence-corrected chi connectivity index (χ3v) is 5.75. The Bertz CT molecular complexity index is 453. The Morgan fingerprint density at radius 3 is 2.78 bits per heavy atom. The van der Waals surface area contributed by atoms with Gasteiger partial charge in [0.2, 0.25) is 0 Å². The van der Waals surface area contributed by atoms with Crippen molar-refractivity contribution in [2.45, 2.75) is 51.4 Å². The molecule has 1 saturated carbocycles. The van der Waals surface area contributed by atoms with Gasteiger partial charge in [-0.25, -0.2) is 0 Å². The van der Waals surface area contributed by atoms with E-state index >= 15 is 0 Å². The Hall–Kier alpha value is -0.820. The summed E-state index contributed by atoms with van der Waals surface area (Å²) < 4.78 is 0. The lowest BCUT2D eigenvalue weighted by Gasteiger charge is -2.55. The minimum Gasteiger partial charge on any atom is -0.396 e. The Balaban J connectivity index is 2.09. The van der Waals surface area contributed by atoms with E-state index in [1.165, 1.54) is 32.1 Å². The molecule has 0 radical (unpaired) electrons. The maximum atomic E-state index is 9.85. The van der Waals surface area contributed by atoms with Crippen molar-refractivity contribution in [1.29, 1.82) is 0 Å². The van der Waals surface area contributed by atoms with Crippen molar-refractivity contribution >= 4 is 0 Å². The Morgan fingerprint density at radius 1 is 1.22 bits per heavy atom. The lowest BCUT2D eigenvalue weighted by Crippen LogP contribution is -2.50. The monoisotopic (exact) mass is 244 g/mol. The average molecular weight is 244 g/mol. The number of aryl methyl sites for hydroxylation is 1. The largest absolute Gasteiger partial charge is 0.396 e. The summed E-state index contributed by atoms with van der Waals surface area (Å²) >= 11 is 0. The molecule has 18 heavy (non-hydrogen) atoms. The van der Waals surface area contributed by atoms with E-state index < -0.39 is 0 Å². The lowest BCUT2D eigenvalue weighted by atomic mass is 9.50. The van der Waals surface area contributed by atoms with E-state index in [2.05, 4.69) is 38.1 Å². The highest BCUT2D eigenvalue weighted by Gasteiger charge is 2.51. The van der Waals surface area contributed by atoms with E-state index in [-0.39, 0.29) is 10.8 Å². The maximum absolute atomic E-state index is 9.85. The number of hydrogen-bond acceptors (Lipinski definition) is 1. The van der Waals surface area contributed by atoms with Gasteiger partial charge in [-0.15, -0.1) is 0 Å². The highest BCUT2D eigenvalue weighted by Crippen LogP contribution is 2.56. The molecule has 3 atom stereocenters. The first-order valence-corrected chi connectivity index (χ1v) is 7.29. The molecule has 3 rings (SSSR count). The van der Waals surface area contributed by atoms with Crippen LogP contribution in [0.15, 0.2) is 24.3 Å². The van der Waals surface area contributed by atoms with Crippen molar-refractivity contribution in [1.82, 2.24) is 0 Å². The van der Waals surface area contributed by atoms with Crippen LogP contribution in [0.1, 0.15) is 50.7 Å². The number of fused-ring (bicyclic) bond motifs is 3. The molecule has 1 aromatic carbocycles. The van der Waals surface area contributed by atoms with Crippen LogP contribution in [0, 0.1) is 11.3 Å². The van der Waals surface area contributed by atoms with E-state index in [1.54, 1.807) is 11.1 Å². The maximum Gasteiger partial charge on any atom is 0.0487 e. The van der Waals surface area contributed by atoms with Gasteiger partial charge in [0.25, 0.3) is 0 Å². The third kappa shape index (κ3) is 1.56. The van der Waals surface area contributed by atoms with Crippen LogP contribution < -0.4 is 0 Å². The van der Waals surface area contributed by atoms with Gasteiger partial charge in [0.1, 0.15) is 0 Å². The van der Waals surface area contributed by atoms with Crippen molar-refractivity contribution in [2.75, 3.05) is 6.61 Å². The van der Waals surface area contributed by atoms with Gasteiger partial charge >= 0.3 is 0 Å². The molecule has 0 heterocycles. The molecular weight excluding hydrogens is 220 g/mol. The molecule has 0 spiro atoms. The topological polar surface area (TPSA) is 20.2 Å². The summed E-state index contributed by atoms with van der Waals surface area (Å²) in [4.78, 5) is 0. The average Bonchev–Trinajstić information content (AvgIpc) is 2.39. The number of hydrogen-bond donors (Lipinski definition) is 1. The molecule has 2 aliphatic carbocycles. The molecule has 0 amide bonds. The normalized spacial score (nSPS) is 38.9. The predicted molar refractivity (Wildman–Crippen MR) is 74.6 cm³/mol. The summed E-state index contributed by atoms with van der Waals surface area (Å²) in [6, 6.07) is 8.96. The molecule has 0 aliphatic heterocycles. The highest BCUT2D eigenvalue weighted by molar-refractivity contribution is 5.38. The van der Waals surface area contributed by atoms with Crippen LogP contribution in [0.25, 0.3) is 0 Å². The first-order chi connectivity index (χ1) is 8.60. The highest BCUT2D eigenvalue weighted by atomic mass is 16.3. The minimum absolute atomic E-state index is 0.126. The van der Waals surface area contributed by atoms with Crippen LogP contribution in [0.4, 0.5) is 0 Å². The Labute approximate surface area is 110 Å². The molecule has 0 bridgehead atoms. The molecule has 1 heteroatoms. The predicted octanol–water partition coefficient (Wildman–Crippen LogP) is 3.69. The second-order valence-electron chi connectivity index (χ2n) is 6.83. The van der Waals surface area contributed by atoms with Crippen molar-refractivity contribution in [2.24, 2.45) is 11.3 Å². The molecule has 0 saturated heterocycles. The zero-order valence-corrected chi connectivity index (χ0v) is 11.6. The van der Waals surface area contributed by atoms with Gasteiger partial charge in [-0.2, -0.15) is 0 Å². The van der Waals surface area contributed by atoms with Crippen LogP contribution in [0.2, 0.25) is 0 Å². The zero-order chi connectivity index (χ0) is 12.8. The molecule has 2 aliphatic rings. The molecule has 1 N–H and O–H groups in total. The number of aliphatic hydroxyl groups excluding tert-OH is 1. The van der Waals surface area contributed by atoms with E-state index in [4.69, 9.17) is 0 Å². The molecule has 1 fully saturated rings. The number of rotatable bonds is 1. The summed E-state index contributed by atoms with van der Waals surface area (Å²) in [5.74, 6) is 0.638. The summed E-state index contributed by atoms with van der Waals surface area (Å²) in [7, 11) is 0. The van der Waals surface area contributed by atoms with Crippen molar-refractivity contribution in [3.8, 4) is 0 Å². The van der Waals surface area contributed by atoms with Crippen LogP contribution >= 0.6 is 0 Å². The van der Waals surface area contributed by atoms with Gasteiger partial charge in [-0.05, 0) is 53.6 Å². The molecule has 1 nitrogen and oxygen atoms in total. The molecule has 98 valence electrons. The minimum atomic E-state index is 0.126. The fraction of sp³-hybridized carbons (Fsp3) is 0.647. The summed E-state index contributed by atoms with van der Waals surface area (Å²) in [5.41, 5.74) is 3.50. The van der Waals surface area contributed by atoms with E-state index in [0.717, 1.165) is 0 Å². The van der Waals surface area contributed by atoms with Crippen molar-refractivity contribution in [3.63, 3.8) is 0 Å². The lowest BCUT2D eigenvalue weighted by molar-refractivity contribution is -0.0178. The SMILES string of the molecule is C[C@@]1(CO)CCC[C@@]2(C)c3ccccc3CC[C@@H]12. The zero-order valence-electron chi connectivity index (χ0n) is 11.6. The second kappa shape index (κ2) is 4.09. The van der Waals surface area contributed by atoms with Gasteiger partial charge in [-0.1, -0.05) is 44.5 Å². The first-order valence-electron chi connectivity index (χ1n) is 7.29. The fourth-order valence-electron chi connectivity index (χ4n) is 4.75. The third-order valence-electron chi connectivity index (χ3n) is 5.75. The van der Waals surface area contributed by atoms with Crippen molar-refractivity contribution < 1.29 is 5.11 Å². The van der Waals surface area contributed by atoms with Crippen molar-refractivity contribution in [3.05, 3.63) is 35.4 Å². The Morgan fingerprint density at radius 2 is 2.00 bits per heavy atom. The van der Waals surface area contributed by atoms with E-state index in [9.17, 15) is 5.11 Å². The van der Waals surface area contributed by atoms with Gasteiger partial charge < -0.3 is 5.11 Å². The van der Waals surface area contributed by atoms with Gasteiger partial charge in [0, 0.05) is 6.61 Å². The number of aliphatic hydroxyl groups is 1. The first kappa shape index (κ1) is 12.2. The molecule has 1 aromatic rings. The second-order valence-corrected chi connectivity index (χ2v) is 6.83. The summed E-state index contributed by atoms with van der Waals surface area (Å²) in [6.07, 6.45) is 6.14. The van der Waals surface area contributed by atoms with Gasteiger partial charge in [0.05, 0.1) is 0 Å². The molecule has 0 unspecified atom stereocenters. The van der Waals surface area contributed by atoms with Crippen LogP contribution in [-0.4, -0.2) is 11.7 Å². The van der Waals surface area contributed by atoms with E-state index in [1.807, 2.05) is 0 Å². The quantitative estimate of drug-likeness (QED) is 0.799. The Kier molecular flexibility index (Phi) is 2.78. The summed E-state index contributed by atoms with van der Waals surface area (Å²) in [5, 5.41) is 9.85.